The Morgan fingerprint density at radius 1 is 1.33 bits per heavy atom. The lowest BCUT2D eigenvalue weighted by Crippen LogP contribution is -2.37. The van der Waals surface area contributed by atoms with Gasteiger partial charge in [-0.1, -0.05) is 12.1 Å². The highest BCUT2D eigenvalue weighted by Crippen LogP contribution is 2.15. The van der Waals surface area contributed by atoms with Crippen molar-refractivity contribution < 1.29 is 9.53 Å². The number of ether oxygens (including phenoxy) is 1. The Morgan fingerprint density at radius 3 is 2.39 bits per heavy atom. The second kappa shape index (κ2) is 7.27. The van der Waals surface area contributed by atoms with Crippen LogP contribution in [0.1, 0.15) is 26.3 Å². The van der Waals surface area contributed by atoms with E-state index >= 15 is 0 Å². The average Bonchev–Trinajstić information content (AvgIpc) is 2.37. The Balaban J connectivity index is 2.72. The van der Waals surface area contributed by atoms with Crippen LogP contribution in [0.15, 0.2) is 24.3 Å². The Kier molecular flexibility index (Phi) is 5.99. The first-order valence-corrected chi connectivity index (χ1v) is 6.69. The third kappa shape index (κ3) is 4.22. The quantitative estimate of drug-likeness (QED) is 0.743. The molecule has 3 nitrogen and oxygen atoms in total. The van der Waals surface area contributed by atoms with Gasteiger partial charge in [0.05, 0.1) is 6.61 Å². The van der Waals surface area contributed by atoms with E-state index in [9.17, 15) is 4.79 Å². The molecule has 0 aliphatic heterocycles. The number of carbonyl (C=O) groups excluding carboxylic acids is 1. The highest BCUT2D eigenvalue weighted by molar-refractivity contribution is 6.27. The molecule has 0 heterocycles. The number of carbonyl (C=O) groups is 1. The Morgan fingerprint density at radius 2 is 1.94 bits per heavy atom. The summed E-state index contributed by atoms with van der Waals surface area (Å²) in [4.78, 5) is 13.5. The summed E-state index contributed by atoms with van der Waals surface area (Å²) in [6.45, 7) is 7.16. The van der Waals surface area contributed by atoms with Gasteiger partial charge in [-0.25, -0.2) is 0 Å². The highest BCUT2D eigenvalue weighted by atomic mass is 35.5. The zero-order chi connectivity index (χ0) is 13.5. The van der Waals surface area contributed by atoms with Crippen LogP contribution >= 0.6 is 11.6 Å². The minimum atomic E-state index is -0.0412. The van der Waals surface area contributed by atoms with Gasteiger partial charge in [0, 0.05) is 12.6 Å². The van der Waals surface area contributed by atoms with Gasteiger partial charge in [0.1, 0.15) is 11.6 Å². The number of halogens is 1. The van der Waals surface area contributed by atoms with Gasteiger partial charge >= 0.3 is 0 Å². The van der Waals surface area contributed by atoms with Crippen molar-refractivity contribution in [1.29, 1.82) is 0 Å². The SMILES string of the molecule is CCOc1ccc(CN(C(=O)CCl)C(C)C)cc1. The zero-order valence-electron chi connectivity index (χ0n) is 11.1. The van der Waals surface area contributed by atoms with Gasteiger partial charge in [-0.2, -0.15) is 0 Å². The van der Waals surface area contributed by atoms with Crippen molar-refractivity contribution in [3.8, 4) is 5.75 Å². The molecule has 0 unspecified atom stereocenters. The number of hydrogen-bond donors (Lipinski definition) is 0. The lowest BCUT2D eigenvalue weighted by Gasteiger charge is -2.26. The van der Waals surface area contributed by atoms with E-state index < -0.39 is 0 Å². The van der Waals surface area contributed by atoms with E-state index in [1.165, 1.54) is 0 Å². The summed E-state index contributed by atoms with van der Waals surface area (Å²) in [7, 11) is 0. The van der Waals surface area contributed by atoms with Gasteiger partial charge in [-0.15, -0.1) is 11.6 Å². The first kappa shape index (κ1) is 14.8. The van der Waals surface area contributed by atoms with Gasteiger partial charge in [-0.3, -0.25) is 4.79 Å². The standard InChI is InChI=1S/C14H20ClNO2/c1-4-18-13-7-5-12(6-8-13)10-16(11(2)3)14(17)9-15/h5-8,11H,4,9-10H2,1-3H3. The van der Waals surface area contributed by atoms with Gasteiger partial charge in [0.25, 0.3) is 0 Å². The minimum Gasteiger partial charge on any atom is -0.494 e. The summed E-state index contributed by atoms with van der Waals surface area (Å²) >= 11 is 5.61. The summed E-state index contributed by atoms with van der Waals surface area (Å²) in [5.41, 5.74) is 1.07. The molecule has 100 valence electrons. The van der Waals surface area contributed by atoms with E-state index in [1.54, 1.807) is 4.90 Å². The Hall–Kier alpha value is -1.22. The van der Waals surface area contributed by atoms with E-state index in [0.717, 1.165) is 11.3 Å². The number of benzene rings is 1. The molecule has 4 heteroatoms. The lowest BCUT2D eigenvalue weighted by molar-refractivity contribution is -0.130. The van der Waals surface area contributed by atoms with Crippen molar-refractivity contribution in [2.24, 2.45) is 0 Å². The fourth-order valence-electron chi connectivity index (χ4n) is 1.69. The third-order valence-corrected chi connectivity index (χ3v) is 2.87. The van der Waals surface area contributed by atoms with Gasteiger partial charge in [-0.05, 0) is 38.5 Å². The molecule has 0 aromatic heterocycles. The van der Waals surface area contributed by atoms with Crippen molar-refractivity contribution >= 4 is 17.5 Å². The van der Waals surface area contributed by atoms with Crippen LogP contribution in [0.4, 0.5) is 0 Å². The fourth-order valence-corrected chi connectivity index (χ4v) is 1.84. The normalized spacial score (nSPS) is 10.5. The molecular weight excluding hydrogens is 250 g/mol. The predicted molar refractivity (Wildman–Crippen MR) is 74.0 cm³/mol. The number of nitrogens with zero attached hydrogens (tertiary/aromatic N) is 1. The fraction of sp³-hybridized carbons (Fsp3) is 0.500. The molecule has 0 fully saturated rings. The molecule has 0 saturated heterocycles. The summed E-state index contributed by atoms with van der Waals surface area (Å²) in [6.07, 6.45) is 0. The number of alkyl halides is 1. The average molecular weight is 270 g/mol. The van der Waals surface area contributed by atoms with Crippen molar-refractivity contribution in [1.82, 2.24) is 4.90 Å². The van der Waals surface area contributed by atoms with Crippen molar-refractivity contribution in [2.75, 3.05) is 12.5 Å². The van der Waals surface area contributed by atoms with Crippen LogP contribution in [0.2, 0.25) is 0 Å². The van der Waals surface area contributed by atoms with Crippen molar-refractivity contribution in [3.05, 3.63) is 29.8 Å². The Labute approximate surface area is 114 Å². The maximum Gasteiger partial charge on any atom is 0.238 e. The molecule has 1 aromatic rings. The first-order valence-electron chi connectivity index (χ1n) is 6.15. The van der Waals surface area contributed by atoms with Crippen LogP contribution in [0, 0.1) is 0 Å². The van der Waals surface area contributed by atoms with Crippen LogP contribution in [0.3, 0.4) is 0 Å². The third-order valence-electron chi connectivity index (χ3n) is 2.65. The molecule has 0 bridgehead atoms. The van der Waals surface area contributed by atoms with E-state index in [2.05, 4.69) is 0 Å². The van der Waals surface area contributed by atoms with Crippen LogP contribution < -0.4 is 4.74 Å². The van der Waals surface area contributed by atoms with E-state index in [1.807, 2.05) is 45.0 Å². The van der Waals surface area contributed by atoms with Crippen LogP contribution in [0.5, 0.6) is 5.75 Å². The zero-order valence-corrected chi connectivity index (χ0v) is 11.9. The molecule has 0 saturated carbocycles. The van der Waals surface area contributed by atoms with Gasteiger partial charge in [0.15, 0.2) is 0 Å². The molecule has 0 aliphatic rings. The lowest BCUT2D eigenvalue weighted by atomic mass is 10.2. The first-order chi connectivity index (χ1) is 8.58. The molecule has 0 radical (unpaired) electrons. The minimum absolute atomic E-state index is 0.0230. The smallest absolute Gasteiger partial charge is 0.238 e. The molecule has 0 N–H and O–H groups in total. The maximum atomic E-state index is 11.7. The molecule has 0 spiro atoms. The number of rotatable bonds is 6. The van der Waals surface area contributed by atoms with Gasteiger partial charge in [0.2, 0.25) is 5.91 Å². The van der Waals surface area contributed by atoms with Crippen molar-refractivity contribution in [2.45, 2.75) is 33.4 Å². The van der Waals surface area contributed by atoms with Crippen molar-refractivity contribution in [3.63, 3.8) is 0 Å². The van der Waals surface area contributed by atoms with Crippen LogP contribution in [-0.4, -0.2) is 29.3 Å². The molecule has 1 amide bonds. The number of amides is 1. The topological polar surface area (TPSA) is 29.5 Å². The molecule has 1 aromatic carbocycles. The molecular formula is C14H20ClNO2. The summed E-state index contributed by atoms with van der Waals surface area (Å²) in [5, 5.41) is 0. The molecule has 18 heavy (non-hydrogen) atoms. The summed E-state index contributed by atoms with van der Waals surface area (Å²) < 4.78 is 5.38. The van der Waals surface area contributed by atoms with E-state index in [4.69, 9.17) is 16.3 Å². The Bertz CT molecular complexity index is 376. The monoisotopic (exact) mass is 269 g/mol. The number of hydrogen-bond acceptors (Lipinski definition) is 2. The largest absolute Gasteiger partial charge is 0.494 e. The van der Waals surface area contributed by atoms with E-state index in [0.29, 0.717) is 13.2 Å². The highest BCUT2D eigenvalue weighted by Gasteiger charge is 2.15. The van der Waals surface area contributed by atoms with Crippen LogP contribution in [-0.2, 0) is 11.3 Å². The second-order valence-electron chi connectivity index (χ2n) is 4.33. The maximum absolute atomic E-state index is 11.7. The summed E-state index contributed by atoms with van der Waals surface area (Å²) in [6, 6.07) is 7.93. The second-order valence-corrected chi connectivity index (χ2v) is 4.59. The van der Waals surface area contributed by atoms with E-state index in [-0.39, 0.29) is 17.8 Å². The summed E-state index contributed by atoms with van der Waals surface area (Å²) in [5.74, 6) is 0.830. The van der Waals surface area contributed by atoms with Crippen LogP contribution in [0.25, 0.3) is 0 Å². The predicted octanol–water partition coefficient (Wildman–Crippen LogP) is 3.06. The molecule has 1 rings (SSSR count). The molecule has 0 aliphatic carbocycles. The molecule has 0 atom stereocenters. The van der Waals surface area contributed by atoms with Gasteiger partial charge < -0.3 is 9.64 Å².